The maximum atomic E-state index is 12.5. The highest BCUT2D eigenvalue weighted by molar-refractivity contribution is 5.98. The van der Waals surface area contributed by atoms with E-state index < -0.39 is 0 Å². The van der Waals surface area contributed by atoms with Crippen LogP contribution in [0.4, 0.5) is 0 Å². The Balaban J connectivity index is 1.59. The van der Waals surface area contributed by atoms with Crippen molar-refractivity contribution in [1.82, 2.24) is 4.90 Å². The van der Waals surface area contributed by atoms with Gasteiger partial charge < -0.3 is 19.1 Å². The highest BCUT2D eigenvalue weighted by Crippen LogP contribution is 2.28. The molecule has 0 radical (unpaired) electrons. The molecular weight excluding hydrogens is 310 g/mol. The van der Waals surface area contributed by atoms with E-state index in [1.807, 2.05) is 0 Å². The molecule has 1 aliphatic heterocycles. The quantitative estimate of drug-likeness (QED) is 0.762. The summed E-state index contributed by atoms with van der Waals surface area (Å²) < 4.78 is 16.3. The van der Waals surface area contributed by atoms with E-state index in [1.54, 1.807) is 54.5 Å². The number of fused-ring (bicyclic) bond motifs is 1. The number of carbonyl (C=O) groups is 2. The molecule has 24 heavy (non-hydrogen) atoms. The van der Waals surface area contributed by atoms with Gasteiger partial charge in [-0.1, -0.05) is 0 Å². The fraction of sp³-hybridized carbons (Fsp3) is 0.222. The third-order valence-electron chi connectivity index (χ3n) is 3.73. The van der Waals surface area contributed by atoms with Gasteiger partial charge in [0.1, 0.15) is 30.1 Å². The minimum atomic E-state index is -0.116. The maximum absolute atomic E-state index is 12.5. The van der Waals surface area contributed by atoms with E-state index in [9.17, 15) is 9.59 Å². The standard InChI is InChI=1S/C18H17NO5/c1-22-15-6-7-17-16(10-15)18(21)19(12-24-17)8-9-23-14-4-2-13(11-20)3-5-14/h2-7,10-11H,8-9,12H2,1H3. The predicted octanol–water partition coefficient (Wildman–Crippen LogP) is 2.38. The molecule has 0 saturated carbocycles. The second kappa shape index (κ2) is 7.04. The van der Waals surface area contributed by atoms with Crippen molar-refractivity contribution >= 4 is 12.2 Å². The van der Waals surface area contributed by atoms with E-state index in [2.05, 4.69) is 0 Å². The van der Waals surface area contributed by atoms with Gasteiger partial charge in [0.15, 0.2) is 6.73 Å². The molecule has 0 aromatic heterocycles. The average molecular weight is 327 g/mol. The van der Waals surface area contributed by atoms with Crippen LogP contribution in [0.3, 0.4) is 0 Å². The van der Waals surface area contributed by atoms with Crippen LogP contribution in [0.2, 0.25) is 0 Å². The molecule has 1 amide bonds. The van der Waals surface area contributed by atoms with Gasteiger partial charge in [0, 0.05) is 5.56 Å². The molecule has 0 fully saturated rings. The summed E-state index contributed by atoms with van der Waals surface area (Å²) in [5, 5.41) is 0. The summed E-state index contributed by atoms with van der Waals surface area (Å²) in [4.78, 5) is 24.7. The van der Waals surface area contributed by atoms with E-state index in [0.29, 0.717) is 41.5 Å². The molecule has 2 aromatic rings. The van der Waals surface area contributed by atoms with Crippen LogP contribution < -0.4 is 14.2 Å². The Bertz CT molecular complexity index is 742. The zero-order valence-electron chi connectivity index (χ0n) is 13.2. The SMILES string of the molecule is COc1ccc2c(c1)C(=O)N(CCOc1ccc(C=O)cc1)CO2. The molecule has 6 nitrogen and oxygen atoms in total. The van der Waals surface area contributed by atoms with Crippen LogP contribution >= 0.6 is 0 Å². The fourth-order valence-electron chi connectivity index (χ4n) is 2.39. The lowest BCUT2D eigenvalue weighted by atomic mass is 10.1. The normalized spacial score (nSPS) is 13.0. The molecule has 2 aromatic carbocycles. The molecule has 0 spiro atoms. The fourth-order valence-corrected chi connectivity index (χ4v) is 2.39. The van der Waals surface area contributed by atoms with Crippen LogP contribution in [-0.2, 0) is 0 Å². The van der Waals surface area contributed by atoms with Crippen molar-refractivity contribution in [2.45, 2.75) is 0 Å². The summed E-state index contributed by atoms with van der Waals surface area (Å²) in [6.07, 6.45) is 0.777. The van der Waals surface area contributed by atoms with Crippen LogP contribution in [0.25, 0.3) is 0 Å². The van der Waals surface area contributed by atoms with Crippen molar-refractivity contribution in [3.05, 3.63) is 53.6 Å². The number of nitrogens with zero attached hydrogens (tertiary/aromatic N) is 1. The number of carbonyl (C=O) groups excluding carboxylic acids is 2. The predicted molar refractivity (Wildman–Crippen MR) is 86.9 cm³/mol. The molecule has 3 rings (SSSR count). The molecule has 0 unspecified atom stereocenters. The van der Waals surface area contributed by atoms with E-state index in [4.69, 9.17) is 14.2 Å². The molecule has 0 atom stereocenters. The number of hydrogen-bond donors (Lipinski definition) is 0. The Morgan fingerprint density at radius 2 is 1.92 bits per heavy atom. The Morgan fingerprint density at radius 3 is 2.62 bits per heavy atom. The highest BCUT2D eigenvalue weighted by atomic mass is 16.5. The lowest BCUT2D eigenvalue weighted by molar-refractivity contribution is 0.0481. The lowest BCUT2D eigenvalue weighted by Gasteiger charge is -2.28. The smallest absolute Gasteiger partial charge is 0.260 e. The van der Waals surface area contributed by atoms with Crippen molar-refractivity contribution in [2.24, 2.45) is 0 Å². The van der Waals surface area contributed by atoms with Crippen molar-refractivity contribution in [2.75, 3.05) is 27.0 Å². The summed E-state index contributed by atoms with van der Waals surface area (Å²) in [7, 11) is 1.55. The van der Waals surface area contributed by atoms with Gasteiger partial charge in [-0.25, -0.2) is 0 Å². The lowest BCUT2D eigenvalue weighted by Crippen LogP contribution is -2.41. The average Bonchev–Trinajstić information content (AvgIpc) is 2.64. The van der Waals surface area contributed by atoms with E-state index in [-0.39, 0.29) is 12.6 Å². The maximum Gasteiger partial charge on any atom is 0.260 e. The largest absolute Gasteiger partial charge is 0.497 e. The van der Waals surface area contributed by atoms with Gasteiger partial charge in [-0.05, 0) is 42.5 Å². The summed E-state index contributed by atoms with van der Waals surface area (Å²) in [6, 6.07) is 12.0. The number of methoxy groups -OCH3 is 1. The third-order valence-corrected chi connectivity index (χ3v) is 3.73. The Kier molecular flexibility index (Phi) is 4.65. The van der Waals surface area contributed by atoms with Crippen LogP contribution in [0.15, 0.2) is 42.5 Å². The minimum absolute atomic E-state index is 0.116. The van der Waals surface area contributed by atoms with Crippen molar-refractivity contribution in [3.8, 4) is 17.2 Å². The Labute approximate surface area is 139 Å². The highest BCUT2D eigenvalue weighted by Gasteiger charge is 2.25. The molecule has 0 N–H and O–H groups in total. The number of hydrogen-bond acceptors (Lipinski definition) is 5. The summed E-state index contributed by atoms with van der Waals surface area (Å²) in [5.41, 5.74) is 1.07. The Morgan fingerprint density at radius 1 is 1.17 bits per heavy atom. The van der Waals surface area contributed by atoms with Crippen LogP contribution in [0, 0.1) is 0 Å². The van der Waals surface area contributed by atoms with Gasteiger partial charge in [0.2, 0.25) is 0 Å². The van der Waals surface area contributed by atoms with Gasteiger partial charge in [0.25, 0.3) is 5.91 Å². The van der Waals surface area contributed by atoms with Crippen molar-refractivity contribution in [1.29, 1.82) is 0 Å². The molecule has 0 aliphatic carbocycles. The molecule has 124 valence electrons. The summed E-state index contributed by atoms with van der Waals surface area (Å²) in [6.45, 7) is 0.908. The van der Waals surface area contributed by atoms with E-state index >= 15 is 0 Å². The topological polar surface area (TPSA) is 65.1 Å². The first-order chi connectivity index (χ1) is 11.7. The zero-order chi connectivity index (χ0) is 16.9. The van der Waals surface area contributed by atoms with Crippen molar-refractivity contribution < 1.29 is 23.8 Å². The number of amides is 1. The zero-order valence-corrected chi connectivity index (χ0v) is 13.2. The number of ether oxygens (including phenoxy) is 3. The number of rotatable bonds is 6. The third kappa shape index (κ3) is 3.32. The minimum Gasteiger partial charge on any atom is -0.497 e. The molecule has 0 saturated heterocycles. The second-order valence-corrected chi connectivity index (χ2v) is 5.24. The first-order valence-corrected chi connectivity index (χ1v) is 7.49. The van der Waals surface area contributed by atoms with Gasteiger partial charge in [0.05, 0.1) is 19.2 Å². The molecule has 6 heteroatoms. The molecule has 1 aliphatic rings. The van der Waals surface area contributed by atoms with Gasteiger partial charge in [-0.3, -0.25) is 9.59 Å². The number of aldehydes is 1. The monoisotopic (exact) mass is 327 g/mol. The van der Waals surface area contributed by atoms with Crippen molar-refractivity contribution in [3.63, 3.8) is 0 Å². The first-order valence-electron chi connectivity index (χ1n) is 7.49. The first kappa shape index (κ1) is 15.9. The molecular formula is C18H17NO5. The van der Waals surface area contributed by atoms with Gasteiger partial charge in [-0.2, -0.15) is 0 Å². The summed E-state index contributed by atoms with van der Waals surface area (Å²) in [5.74, 6) is 1.70. The van der Waals surface area contributed by atoms with Gasteiger partial charge in [-0.15, -0.1) is 0 Å². The van der Waals surface area contributed by atoms with Crippen LogP contribution in [0.5, 0.6) is 17.2 Å². The van der Waals surface area contributed by atoms with E-state index in [1.165, 1.54) is 0 Å². The molecule has 1 heterocycles. The van der Waals surface area contributed by atoms with E-state index in [0.717, 1.165) is 6.29 Å². The van der Waals surface area contributed by atoms with Crippen LogP contribution in [-0.4, -0.2) is 44.1 Å². The van der Waals surface area contributed by atoms with Gasteiger partial charge >= 0.3 is 0 Å². The summed E-state index contributed by atoms with van der Waals surface area (Å²) >= 11 is 0. The van der Waals surface area contributed by atoms with Crippen LogP contribution in [0.1, 0.15) is 20.7 Å². The Hall–Kier alpha value is -3.02. The number of benzene rings is 2. The molecule has 0 bridgehead atoms. The second-order valence-electron chi connectivity index (χ2n) is 5.24.